The number of rotatable bonds is 11. The average Bonchev–Trinajstić information content (AvgIpc) is 2.54. The topological polar surface area (TPSA) is 194 Å². The third-order valence-corrected chi connectivity index (χ3v) is 3.72. The molecular formula is C16H29N5O6. The summed E-state index contributed by atoms with van der Waals surface area (Å²) in [4.78, 5) is 58.5. The molecule has 0 aliphatic carbocycles. The summed E-state index contributed by atoms with van der Waals surface area (Å²) in [7, 11) is 0. The number of aliphatic carboxylic acids is 1. The van der Waals surface area contributed by atoms with Crippen LogP contribution in [0.2, 0.25) is 0 Å². The molecule has 0 spiro atoms. The van der Waals surface area contributed by atoms with Crippen molar-refractivity contribution in [3.05, 3.63) is 0 Å². The van der Waals surface area contributed by atoms with Gasteiger partial charge in [0.2, 0.25) is 23.6 Å². The molecule has 27 heavy (non-hydrogen) atoms. The minimum absolute atomic E-state index is 0.201. The van der Waals surface area contributed by atoms with Crippen molar-refractivity contribution >= 4 is 29.6 Å². The van der Waals surface area contributed by atoms with E-state index in [0.717, 1.165) is 0 Å². The molecular weight excluding hydrogens is 358 g/mol. The van der Waals surface area contributed by atoms with Gasteiger partial charge >= 0.3 is 5.97 Å². The highest BCUT2D eigenvalue weighted by Gasteiger charge is 2.31. The number of carbonyl (C=O) groups excluding carboxylic acids is 4. The van der Waals surface area contributed by atoms with E-state index in [2.05, 4.69) is 16.0 Å². The summed E-state index contributed by atoms with van der Waals surface area (Å²) in [5.41, 5.74) is 10.9. The summed E-state index contributed by atoms with van der Waals surface area (Å²) >= 11 is 0. The Morgan fingerprint density at radius 3 is 1.85 bits per heavy atom. The maximum absolute atomic E-state index is 12.5. The third-order valence-electron chi connectivity index (χ3n) is 3.72. The number of carbonyl (C=O) groups is 5. The molecule has 0 aromatic carbocycles. The number of nitrogens with two attached hydrogens (primary N) is 2. The lowest BCUT2D eigenvalue weighted by Gasteiger charge is -2.25. The van der Waals surface area contributed by atoms with Crippen LogP contribution in [0.5, 0.6) is 0 Å². The first-order valence-electron chi connectivity index (χ1n) is 8.50. The molecule has 0 aromatic rings. The van der Waals surface area contributed by atoms with Crippen LogP contribution in [0.4, 0.5) is 0 Å². The van der Waals surface area contributed by atoms with Crippen LogP contribution in [0.15, 0.2) is 0 Å². The van der Waals surface area contributed by atoms with Crippen LogP contribution in [-0.4, -0.2) is 59.4 Å². The molecule has 0 heterocycles. The van der Waals surface area contributed by atoms with E-state index in [1.807, 2.05) is 0 Å². The van der Waals surface area contributed by atoms with Gasteiger partial charge in [-0.2, -0.15) is 0 Å². The van der Waals surface area contributed by atoms with Crippen molar-refractivity contribution in [2.45, 2.75) is 52.2 Å². The fourth-order valence-corrected chi connectivity index (χ4v) is 2.04. The van der Waals surface area contributed by atoms with E-state index in [1.165, 1.54) is 0 Å². The number of carboxylic acid groups (broad SMARTS) is 1. The molecule has 0 aromatic heterocycles. The Bertz CT molecular complexity index is 578. The highest BCUT2D eigenvalue weighted by atomic mass is 16.4. The predicted octanol–water partition coefficient (Wildman–Crippen LogP) is -2.33. The van der Waals surface area contributed by atoms with Gasteiger partial charge < -0.3 is 32.5 Å². The van der Waals surface area contributed by atoms with E-state index >= 15 is 0 Å². The molecule has 0 saturated heterocycles. The first-order valence-corrected chi connectivity index (χ1v) is 8.50. The fourth-order valence-electron chi connectivity index (χ4n) is 2.04. The quantitative estimate of drug-likeness (QED) is 0.229. The second kappa shape index (κ2) is 11.1. The van der Waals surface area contributed by atoms with Crippen molar-refractivity contribution < 1.29 is 29.1 Å². The molecule has 0 saturated carbocycles. The lowest BCUT2D eigenvalue weighted by molar-refractivity contribution is -0.139. The number of hydrogen-bond acceptors (Lipinski definition) is 6. The molecule has 0 bridgehead atoms. The molecule has 11 heteroatoms. The molecule has 8 N–H and O–H groups in total. The molecule has 154 valence electrons. The normalized spacial score (nSPS) is 14.2. The monoisotopic (exact) mass is 387 g/mol. The van der Waals surface area contributed by atoms with Gasteiger partial charge in [0.15, 0.2) is 0 Å². The summed E-state index contributed by atoms with van der Waals surface area (Å²) in [5, 5.41) is 15.6. The minimum Gasteiger partial charge on any atom is -0.480 e. The summed E-state index contributed by atoms with van der Waals surface area (Å²) in [6, 6.07) is -3.27. The van der Waals surface area contributed by atoms with Crippen LogP contribution in [-0.2, 0) is 24.0 Å². The van der Waals surface area contributed by atoms with E-state index in [9.17, 15) is 24.0 Å². The fraction of sp³-hybridized carbons (Fsp3) is 0.688. The molecule has 0 fully saturated rings. The number of hydrogen-bond donors (Lipinski definition) is 6. The molecule has 11 nitrogen and oxygen atoms in total. The SMILES string of the molecule is CC(C)C(N)C(=O)NC(CC(N)=O)C(=O)NC(C(=O)NCC(=O)O)C(C)C. The Balaban J connectivity index is 5.22. The summed E-state index contributed by atoms with van der Waals surface area (Å²) in [6.45, 7) is 6.11. The van der Waals surface area contributed by atoms with Gasteiger partial charge in [0, 0.05) is 0 Å². The maximum Gasteiger partial charge on any atom is 0.322 e. The van der Waals surface area contributed by atoms with Gasteiger partial charge in [-0.1, -0.05) is 27.7 Å². The first-order chi connectivity index (χ1) is 12.4. The smallest absolute Gasteiger partial charge is 0.322 e. The van der Waals surface area contributed by atoms with E-state index in [4.69, 9.17) is 16.6 Å². The van der Waals surface area contributed by atoms with Gasteiger partial charge in [-0.15, -0.1) is 0 Å². The lowest BCUT2D eigenvalue weighted by Crippen LogP contribution is -2.58. The van der Waals surface area contributed by atoms with Gasteiger partial charge in [-0.25, -0.2) is 0 Å². The highest BCUT2D eigenvalue weighted by Crippen LogP contribution is 2.05. The van der Waals surface area contributed by atoms with Crippen molar-refractivity contribution in [2.75, 3.05) is 6.54 Å². The van der Waals surface area contributed by atoms with Crippen molar-refractivity contribution in [3.63, 3.8) is 0 Å². The highest BCUT2D eigenvalue weighted by molar-refractivity contribution is 5.96. The van der Waals surface area contributed by atoms with Crippen LogP contribution in [0.3, 0.4) is 0 Å². The second-order valence-corrected chi connectivity index (χ2v) is 6.84. The predicted molar refractivity (Wildman–Crippen MR) is 96.0 cm³/mol. The third kappa shape index (κ3) is 8.99. The minimum atomic E-state index is -1.31. The molecule has 0 radical (unpaired) electrons. The van der Waals surface area contributed by atoms with E-state index in [0.29, 0.717) is 0 Å². The molecule has 3 unspecified atom stereocenters. The molecule has 4 amide bonds. The maximum atomic E-state index is 12.5. The van der Waals surface area contributed by atoms with E-state index < -0.39 is 60.7 Å². The van der Waals surface area contributed by atoms with E-state index in [1.54, 1.807) is 27.7 Å². The van der Waals surface area contributed by atoms with Crippen molar-refractivity contribution in [1.29, 1.82) is 0 Å². The number of amides is 4. The Kier molecular flexibility index (Phi) is 10.0. The molecule has 0 aliphatic heterocycles. The zero-order valence-electron chi connectivity index (χ0n) is 15.9. The zero-order chi connectivity index (χ0) is 21.3. The summed E-state index contributed by atoms with van der Waals surface area (Å²) in [5.74, 6) is -4.80. The molecule has 3 atom stereocenters. The van der Waals surface area contributed by atoms with Gasteiger partial charge in [-0.3, -0.25) is 24.0 Å². The van der Waals surface area contributed by atoms with Crippen LogP contribution in [0, 0.1) is 11.8 Å². The zero-order valence-corrected chi connectivity index (χ0v) is 15.9. The van der Waals surface area contributed by atoms with Crippen LogP contribution >= 0.6 is 0 Å². The second-order valence-electron chi connectivity index (χ2n) is 6.84. The van der Waals surface area contributed by atoms with E-state index in [-0.39, 0.29) is 11.8 Å². The van der Waals surface area contributed by atoms with Crippen molar-refractivity contribution in [1.82, 2.24) is 16.0 Å². The molecule has 0 rings (SSSR count). The average molecular weight is 387 g/mol. The van der Waals surface area contributed by atoms with Gasteiger partial charge in [0.05, 0.1) is 12.5 Å². The van der Waals surface area contributed by atoms with Crippen molar-refractivity contribution in [3.8, 4) is 0 Å². The Morgan fingerprint density at radius 2 is 1.44 bits per heavy atom. The summed E-state index contributed by atoms with van der Waals surface area (Å²) in [6.07, 6.45) is -0.482. The van der Waals surface area contributed by atoms with Crippen molar-refractivity contribution in [2.24, 2.45) is 23.3 Å². The Morgan fingerprint density at radius 1 is 0.889 bits per heavy atom. The van der Waals surface area contributed by atoms with Crippen LogP contribution in [0.25, 0.3) is 0 Å². The first kappa shape index (κ1) is 24.3. The summed E-state index contributed by atoms with van der Waals surface area (Å²) < 4.78 is 0. The largest absolute Gasteiger partial charge is 0.480 e. The Labute approximate surface area is 157 Å². The standard InChI is InChI=1S/C16H29N5O6/c1-7(2)12(18)15(26)20-9(5-10(17)22)14(25)21-13(8(3)4)16(27)19-6-11(23)24/h7-9,12-13H,5-6,18H2,1-4H3,(H2,17,22)(H,19,27)(H,20,26)(H,21,25)(H,23,24). The number of nitrogens with one attached hydrogen (secondary N) is 3. The Hall–Kier alpha value is -2.69. The van der Waals surface area contributed by atoms with Crippen LogP contribution in [0.1, 0.15) is 34.1 Å². The molecule has 0 aliphatic rings. The van der Waals surface area contributed by atoms with Gasteiger partial charge in [0.1, 0.15) is 18.6 Å². The lowest BCUT2D eigenvalue weighted by atomic mass is 10.0. The van der Waals surface area contributed by atoms with Crippen LogP contribution < -0.4 is 27.4 Å². The van der Waals surface area contributed by atoms with Gasteiger partial charge in [0.25, 0.3) is 0 Å². The number of carboxylic acids is 1. The van der Waals surface area contributed by atoms with Gasteiger partial charge in [-0.05, 0) is 11.8 Å². The number of primary amides is 1.